The van der Waals surface area contributed by atoms with E-state index in [1.54, 1.807) is 0 Å². The Morgan fingerprint density at radius 2 is 2.09 bits per heavy atom. The average molecular weight is 301 g/mol. The molecule has 4 heteroatoms. The summed E-state index contributed by atoms with van der Waals surface area (Å²) in [5.41, 5.74) is 3.32. The Labute approximate surface area is 133 Å². The third-order valence-electron chi connectivity index (χ3n) is 5.35. The number of rotatable bonds is 4. The van der Waals surface area contributed by atoms with Crippen molar-refractivity contribution in [1.82, 2.24) is 9.80 Å². The summed E-state index contributed by atoms with van der Waals surface area (Å²) in [7, 11) is 4.27. The zero-order valence-electron chi connectivity index (χ0n) is 13.9. The summed E-state index contributed by atoms with van der Waals surface area (Å²) in [5.74, 6) is 0.246. The maximum Gasteiger partial charge on any atom is 0.179 e. The zero-order valence-corrected chi connectivity index (χ0v) is 13.9. The van der Waals surface area contributed by atoms with Gasteiger partial charge in [-0.1, -0.05) is 0 Å². The van der Waals surface area contributed by atoms with Gasteiger partial charge in [0.2, 0.25) is 0 Å². The number of likely N-dealkylation sites (N-methyl/N-ethyl adjacent to an activating group) is 1. The lowest BCUT2D eigenvalue weighted by molar-refractivity contribution is 0.0731. The van der Waals surface area contributed by atoms with Gasteiger partial charge in [-0.15, -0.1) is 0 Å². The summed E-state index contributed by atoms with van der Waals surface area (Å²) >= 11 is 0. The molecule has 0 spiro atoms. The molecule has 3 rings (SSSR count). The van der Waals surface area contributed by atoms with Gasteiger partial charge >= 0.3 is 0 Å². The van der Waals surface area contributed by atoms with Crippen LogP contribution in [0.15, 0.2) is 18.2 Å². The highest BCUT2D eigenvalue weighted by Crippen LogP contribution is 2.25. The third-order valence-corrected chi connectivity index (χ3v) is 5.35. The number of Topliss-reactive ketones (excluding diaryl/α,β-unsaturated/α-hetero) is 1. The van der Waals surface area contributed by atoms with Gasteiger partial charge in [0.05, 0.1) is 6.04 Å². The molecule has 1 aromatic carbocycles. The molecule has 2 heterocycles. The van der Waals surface area contributed by atoms with Crippen molar-refractivity contribution in [2.45, 2.75) is 38.3 Å². The van der Waals surface area contributed by atoms with E-state index < -0.39 is 0 Å². The lowest BCUT2D eigenvalue weighted by Crippen LogP contribution is -2.47. The topological polar surface area (TPSA) is 35.6 Å². The van der Waals surface area contributed by atoms with Crippen LogP contribution < -0.4 is 5.32 Å². The molecule has 4 nitrogen and oxygen atoms in total. The Kier molecular flexibility index (Phi) is 4.50. The zero-order chi connectivity index (χ0) is 15.7. The second-order valence-corrected chi connectivity index (χ2v) is 6.79. The van der Waals surface area contributed by atoms with Crippen molar-refractivity contribution in [1.29, 1.82) is 0 Å². The first-order chi connectivity index (χ1) is 10.6. The summed E-state index contributed by atoms with van der Waals surface area (Å²) in [6.07, 6.45) is 3.33. The standard InChI is InChI=1S/C18H27N3O/c1-13(21(3)16-7-10-20(2)11-8-16)18(22)15-4-5-17-14(12-15)6-9-19-17/h4-5,12-13,16,19H,6-11H2,1-3H3. The fourth-order valence-electron chi connectivity index (χ4n) is 3.60. The van der Waals surface area contributed by atoms with Gasteiger partial charge < -0.3 is 10.2 Å². The van der Waals surface area contributed by atoms with E-state index in [-0.39, 0.29) is 11.8 Å². The minimum absolute atomic E-state index is 0.0548. The summed E-state index contributed by atoms with van der Waals surface area (Å²) in [4.78, 5) is 17.5. The molecule has 2 aliphatic heterocycles. The summed E-state index contributed by atoms with van der Waals surface area (Å²) in [6, 6.07) is 6.57. The third kappa shape index (κ3) is 3.03. The number of ketones is 1. The second kappa shape index (κ2) is 6.39. The highest BCUT2D eigenvalue weighted by atomic mass is 16.1. The highest BCUT2D eigenvalue weighted by molar-refractivity contribution is 6.00. The van der Waals surface area contributed by atoms with Crippen molar-refractivity contribution in [2.75, 3.05) is 39.0 Å². The van der Waals surface area contributed by atoms with E-state index in [2.05, 4.69) is 41.3 Å². The predicted octanol–water partition coefficient (Wildman–Crippen LogP) is 2.25. The van der Waals surface area contributed by atoms with Crippen molar-refractivity contribution in [3.8, 4) is 0 Å². The van der Waals surface area contributed by atoms with Crippen molar-refractivity contribution >= 4 is 11.5 Å². The van der Waals surface area contributed by atoms with Gasteiger partial charge in [0, 0.05) is 23.8 Å². The van der Waals surface area contributed by atoms with E-state index in [1.807, 2.05) is 13.0 Å². The Hall–Kier alpha value is -1.39. The largest absolute Gasteiger partial charge is 0.384 e. The van der Waals surface area contributed by atoms with E-state index in [0.717, 1.165) is 44.5 Å². The number of piperidine rings is 1. The first kappa shape index (κ1) is 15.5. The molecule has 0 aliphatic carbocycles. The van der Waals surface area contributed by atoms with E-state index in [0.29, 0.717) is 6.04 Å². The van der Waals surface area contributed by atoms with Crippen molar-refractivity contribution in [3.05, 3.63) is 29.3 Å². The van der Waals surface area contributed by atoms with Crippen molar-refractivity contribution in [2.24, 2.45) is 0 Å². The Morgan fingerprint density at radius 1 is 1.36 bits per heavy atom. The molecule has 1 saturated heterocycles. The van der Waals surface area contributed by atoms with Crippen LogP contribution in [0.25, 0.3) is 0 Å². The fourth-order valence-corrected chi connectivity index (χ4v) is 3.60. The predicted molar refractivity (Wildman–Crippen MR) is 90.7 cm³/mol. The SMILES string of the molecule is CC(C(=O)c1ccc2c(c1)CCN2)N(C)C1CCN(C)CC1. The molecule has 1 unspecified atom stereocenters. The first-order valence-electron chi connectivity index (χ1n) is 8.38. The van der Waals surface area contributed by atoms with Gasteiger partial charge in [-0.2, -0.15) is 0 Å². The van der Waals surface area contributed by atoms with E-state index in [9.17, 15) is 4.79 Å². The maximum atomic E-state index is 12.8. The van der Waals surface area contributed by atoms with Crippen molar-refractivity contribution < 1.29 is 4.79 Å². The number of carbonyl (C=O) groups is 1. The van der Waals surface area contributed by atoms with Gasteiger partial charge in [-0.25, -0.2) is 0 Å². The second-order valence-electron chi connectivity index (χ2n) is 6.79. The fraction of sp³-hybridized carbons (Fsp3) is 0.611. The first-order valence-corrected chi connectivity index (χ1v) is 8.38. The van der Waals surface area contributed by atoms with Crippen LogP contribution in [-0.4, -0.2) is 61.4 Å². The van der Waals surface area contributed by atoms with E-state index in [1.165, 1.54) is 11.3 Å². The Bertz CT molecular complexity index is 549. The van der Waals surface area contributed by atoms with E-state index >= 15 is 0 Å². The lowest BCUT2D eigenvalue weighted by Gasteiger charge is -2.37. The van der Waals surface area contributed by atoms with Crippen LogP contribution >= 0.6 is 0 Å². The number of benzene rings is 1. The number of hydrogen-bond acceptors (Lipinski definition) is 4. The molecule has 1 aromatic rings. The Balaban J connectivity index is 1.68. The molecule has 1 N–H and O–H groups in total. The van der Waals surface area contributed by atoms with Crippen LogP contribution in [0.3, 0.4) is 0 Å². The molecule has 120 valence electrons. The number of nitrogens with zero attached hydrogens (tertiary/aromatic N) is 2. The van der Waals surface area contributed by atoms with Crippen LogP contribution in [0.5, 0.6) is 0 Å². The van der Waals surface area contributed by atoms with Gasteiger partial charge in [-0.3, -0.25) is 9.69 Å². The van der Waals surface area contributed by atoms with Gasteiger partial charge in [0.25, 0.3) is 0 Å². The molecular weight excluding hydrogens is 274 g/mol. The smallest absolute Gasteiger partial charge is 0.179 e. The molecule has 0 saturated carbocycles. The Morgan fingerprint density at radius 3 is 2.82 bits per heavy atom. The van der Waals surface area contributed by atoms with Crippen molar-refractivity contribution in [3.63, 3.8) is 0 Å². The van der Waals surface area contributed by atoms with Crippen LogP contribution in [0, 0.1) is 0 Å². The molecule has 0 amide bonds. The molecule has 1 fully saturated rings. The van der Waals surface area contributed by atoms with E-state index in [4.69, 9.17) is 0 Å². The molecule has 2 aliphatic rings. The summed E-state index contributed by atoms with van der Waals surface area (Å²) < 4.78 is 0. The summed E-state index contributed by atoms with van der Waals surface area (Å²) in [6.45, 7) is 5.28. The average Bonchev–Trinajstić information content (AvgIpc) is 3.01. The monoisotopic (exact) mass is 301 g/mol. The quantitative estimate of drug-likeness (QED) is 0.865. The van der Waals surface area contributed by atoms with Gasteiger partial charge in [0.15, 0.2) is 5.78 Å². The van der Waals surface area contributed by atoms with Gasteiger partial charge in [-0.05, 0) is 77.1 Å². The normalized spacial score (nSPS) is 20.7. The minimum Gasteiger partial charge on any atom is -0.384 e. The lowest BCUT2D eigenvalue weighted by atomic mass is 9.97. The number of nitrogens with one attached hydrogen (secondary N) is 1. The number of carbonyl (C=O) groups excluding carboxylic acids is 1. The minimum atomic E-state index is -0.0548. The molecule has 1 atom stereocenters. The molecule has 22 heavy (non-hydrogen) atoms. The maximum absolute atomic E-state index is 12.8. The molecule has 0 aromatic heterocycles. The number of hydrogen-bond donors (Lipinski definition) is 1. The highest BCUT2D eigenvalue weighted by Gasteiger charge is 2.28. The van der Waals surface area contributed by atoms with Crippen LogP contribution in [0.1, 0.15) is 35.7 Å². The number of likely N-dealkylation sites (tertiary alicyclic amines) is 1. The van der Waals surface area contributed by atoms with Gasteiger partial charge in [0.1, 0.15) is 0 Å². The molecule has 0 radical (unpaired) electrons. The number of anilines is 1. The van der Waals surface area contributed by atoms with Crippen LogP contribution in [0.2, 0.25) is 0 Å². The summed E-state index contributed by atoms with van der Waals surface area (Å²) in [5, 5.41) is 3.35. The van der Waals surface area contributed by atoms with Crippen LogP contribution in [0.4, 0.5) is 5.69 Å². The number of fused-ring (bicyclic) bond motifs is 1. The molecular formula is C18H27N3O. The molecule has 0 bridgehead atoms. The van der Waals surface area contributed by atoms with Crippen LogP contribution in [-0.2, 0) is 6.42 Å².